The molecule has 0 aliphatic rings. The maximum Gasteiger partial charge on any atom is 0.114 e. The molecule has 0 saturated heterocycles. The lowest BCUT2D eigenvalue weighted by Crippen LogP contribution is -1.99. The number of pyridine rings is 3. The lowest BCUT2D eigenvalue weighted by molar-refractivity contribution is 0.908. The summed E-state index contributed by atoms with van der Waals surface area (Å²) in [5.41, 5.74) is 12.2. The average molecular weight is 654 g/mol. The molecule has 240 valence electrons. The van der Waals surface area contributed by atoms with Crippen LogP contribution in [0.3, 0.4) is 0 Å². The van der Waals surface area contributed by atoms with Crippen molar-refractivity contribution in [1.29, 1.82) is 0 Å². The van der Waals surface area contributed by atoms with Gasteiger partial charge in [-0.1, -0.05) is 116 Å². The van der Waals surface area contributed by atoms with Gasteiger partial charge in [0.2, 0.25) is 0 Å². The fourth-order valence-corrected chi connectivity index (χ4v) is 7.51. The Morgan fingerprint density at radius 1 is 0.510 bits per heavy atom. The number of aryl methyl sites for hydroxylation is 1. The van der Waals surface area contributed by atoms with E-state index in [2.05, 4.69) is 162 Å². The summed E-state index contributed by atoms with van der Waals surface area (Å²) in [6, 6.07) is 53.3. The molecule has 5 heteroatoms. The number of rotatable bonds is 5. The second-order valence-electron chi connectivity index (χ2n) is 13.0. The van der Waals surface area contributed by atoms with E-state index in [1.165, 1.54) is 0 Å². The first kappa shape index (κ1) is 29.2. The maximum absolute atomic E-state index is 5.30. The van der Waals surface area contributed by atoms with Gasteiger partial charge in [-0.05, 0) is 59.0 Å². The minimum atomic E-state index is 0.817. The molecular weight excluding hydrogens is 623 g/mol. The summed E-state index contributed by atoms with van der Waals surface area (Å²) in [5.74, 6) is 1.03. The van der Waals surface area contributed by atoms with E-state index >= 15 is 0 Å². The Hall–Kier alpha value is -6.72. The van der Waals surface area contributed by atoms with E-state index in [4.69, 9.17) is 15.0 Å². The molecule has 5 nitrogen and oxygen atoms in total. The average Bonchev–Trinajstić information content (AvgIpc) is 3.60. The molecule has 10 rings (SSSR count). The van der Waals surface area contributed by atoms with Crippen molar-refractivity contribution >= 4 is 54.5 Å². The van der Waals surface area contributed by atoms with Crippen LogP contribution in [0.25, 0.3) is 93.8 Å². The third kappa shape index (κ3) is 4.77. The van der Waals surface area contributed by atoms with E-state index < -0.39 is 0 Å². The molecule has 4 aromatic heterocycles. The summed E-state index contributed by atoms with van der Waals surface area (Å²) in [6.45, 7) is 2.17. The molecule has 0 fully saturated rings. The van der Waals surface area contributed by atoms with Crippen molar-refractivity contribution in [2.45, 2.75) is 13.3 Å². The number of nitrogens with zero attached hydrogens (tertiary/aromatic N) is 5. The predicted octanol–water partition coefficient (Wildman–Crippen LogP) is 11.4. The van der Waals surface area contributed by atoms with Crippen LogP contribution in [0, 0.1) is 0 Å². The van der Waals surface area contributed by atoms with Crippen molar-refractivity contribution in [2.24, 2.45) is 0 Å². The SMILES string of the molecule is CCc1nc2c3c(-c4ccc(-c5cccc(-c6ccc7ccc8cccnc8c7n6)c5)cc4)nc4ccccc4c3ccc2n1-c1ccccc1. The highest BCUT2D eigenvalue weighted by Crippen LogP contribution is 2.39. The van der Waals surface area contributed by atoms with E-state index in [1.54, 1.807) is 0 Å². The Morgan fingerprint density at radius 3 is 2.14 bits per heavy atom. The highest BCUT2D eigenvalue weighted by Gasteiger charge is 2.19. The second kappa shape index (κ2) is 11.7. The van der Waals surface area contributed by atoms with Gasteiger partial charge in [0.1, 0.15) is 5.82 Å². The Balaban J connectivity index is 1.10. The van der Waals surface area contributed by atoms with Gasteiger partial charge in [0.05, 0.1) is 39.0 Å². The lowest BCUT2D eigenvalue weighted by Gasteiger charge is -2.13. The summed E-state index contributed by atoms with van der Waals surface area (Å²) in [6.07, 6.45) is 2.65. The molecule has 0 bridgehead atoms. The van der Waals surface area contributed by atoms with Crippen molar-refractivity contribution in [3.63, 3.8) is 0 Å². The molecule has 51 heavy (non-hydrogen) atoms. The molecule has 0 aliphatic carbocycles. The van der Waals surface area contributed by atoms with Gasteiger partial charge >= 0.3 is 0 Å². The van der Waals surface area contributed by atoms with Gasteiger partial charge in [0.25, 0.3) is 0 Å². The van der Waals surface area contributed by atoms with Crippen molar-refractivity contribution < 1.29 is 0 Å². The van der Waals surface area contributed by atoms with E-state index in [0.717, 1.165) is 106 Å². The summed E-state index contributed by atoms with van der Waals surface area (Å²) >= 11 is 0. The molecule has 0 N–H and O–H groups in total. The van der Waals surface area contributed by atoms with Crippen molar-refractivity contribution in [1.82, 2.24) is 24.5 Å². The zero-order valence-electron chi connectivity index (χ0n) is 28.0. The fraction of sp³-hybridized carbons (Fsp3) is 0.0435. The van der Waals surface area contributed by atoms with Crippen LogP contribution in [0.5, 0.6) is 0 Å². The normalized spacial score (nSPS) is 11.7. The second-order valence-corrected chi connectivity index (χ2v) is 13.0. The zero-order valence-corrected chi connectivity index (χ0v) is 28.0. The molecule has 0 amide bonds. The van der Waals surface area contributed by atoms with Gasteiger partial charge in [-0.3, -0.25) is 9.55 Å². The Bertz CT molecular complexity index is 2940. The van der Waals surface area contributed by atoms with Crippen molar-refractivity contribution in [2.75, 3.05) is 0 Å². The predicted molar refractivity (Wildman–Crippen MR) is 210 cm³/mol. The number of imidazole rings is 1. The van der Waals surface area contributed by atoms with E-state index in [9.17, 15) is 0 Å². The number of benzene rings is 6. The summed E-state index contributed by atoms with van der Waals surface area (Å²) in [4.78, 5) is 20.3. The largest absolute Gasteiger partial charge is 0.296 e. The topological polar surface area (TPSA) is 56.5 Å². The first-order valence-corrected chi connectivity index (χ1v) is 17.4. The van der Waals surface area contributed by atoms with Crippen LogP contribution in [-0.4, -0.2) is 24.5 Å². The summed E-state index contributed by atoms with van der Waals surface area (Å²) in [7, 11) is 0. The summed E-state index contributed by atoms with van der Waals surface area (Å²) < 4.78 is 2.28. The molecule has 0 atom stereocenters. The summed E-state index contributed by atoms with van der Waals surface area (Å²) in [5, 5.41) is 5.54. The van der Waals surface area contributed by atoms with Crippen LogP contribution in [0.15, 0.2) is 158 Å². The molecule has 0 spiro atoms. The molecule has 0 saturated carbocycles. The standard InChI is InChI=1S/C46H31N5/c1-2-41-50-46-40(51(41)35-13-4-3-5-14-35)26-24-37-36-15-6-7-16-39(36)49-43(42(37)46)31-19-17-29(18-20-31)33-10-8-11-34(28-33)38-25-23-32-22-21-30-12-9-27-47-44(30)45(32)48-38/h3-28H,2H2,1H3. The fourth-order valence-electron chi connectivity index (χ4n) is 7.51. The Labute approximate surface area is 294 Å². The maximum atomic E-state index is 5.30. The van der Waals surface area contributed by atoms with Gasteiger partial charge in [-0.25, -0.2) is 15.0 Å². The quantitative estimate of drug-likeness (QED) is 0.173. The number of hydrogen-bond donors (Lipinski definition) is 0. The minimum absolute atomic E-state index is 0.817. The van der Waals surface area contributed by atoms with Gasteiger partial charge < -0.3 is 0 Å². The number of aromatic nitrogens is 5. The molecule has 10 aromatic rings. The van der Waals surface area contributed by atoms with E-state index in [-0.39, 0.29) is 0 Å². The molecule has 0 radical (unpaired) electrons. The van der Waals surface area contributed by atoms with Crippen molar-refractivity contribution in [3.05, 3.63) is 164 Å². The highest BCUT2D eigenvalue weighted by atomic mass is 15.1. The van der Waals surface area contributed by atoms with Crippen LogP contribution in [0.1, 0.15) is 12.7 Å². The first-order chi connectivity index (χ1) is 25.2. The Morgan fingerprint density at radius 2 is 1.27 bits per heavy atom. The molecule has 6 aromatic carbocycles. The molecule has 4 heterocycles. The third-order valence-electron chi connectivity index (χ3n) is 9.97. The van der Waals surface area contributed by atoms with Gasteiger partial charge in [-0.2, -0.15) is 0 Å². The molecule has 0 aliphatic heterocycles. The van der Waals surface area contributed by atoms with Crippen LogP contribution < -0.4 is 0 Å². The first-order valence-electron chi connectivity index (χ1n) is 17.4. The molecule has 0 unspecified atom stereocenters. The third-order valence-corrected chi connectivity index (χ3v) is 9.97. The minimum Gasteiger partial charge on any atom is -0.296 e. The van der Waals surface area contributed by atoms with Crippen LogP contribution in [0.4, 0.5) is 0 Å². The van der Waals surface area contributed by atoms with Crippen molar-refractivity contribution in [3.8, 4) is 39.3 Å². The van der Waals surface area contributed by atoms with E-state index in [1.807, 2.05) is 12.3 Å². The van der Waals surface area contributed by atoms with Gasteiger partial charge in [0.15, 0.2) is 0 Å². The molecular formula is C46H31N5. The van der Waals surface area contributed by atoms with Crippen LogP contribution in [0.2, 0.25) is 0 Å². The van der Waals surface area contributed by atoms with E-state index in [0.29, 0.717) is 0 Å². The zero-order chi connectivity index (χ0) is 33.9. The van der Waals surface area contributed by atoms with Gasteiger partial charge in [-0.15, -0.1) is 0 Å². The van der Waals surface area contributed by atoms with Gasteiger partial charge in [0, 0.05) is 51.0 Å². The Kier molecular flexibility index (Phi) is 6.71. The monoisotopic (exact) mass is 653 g/mol. The smallest absolute Gasteiger partial charge is 0.114 e. The van der Waals surface area contributed by atoms with Crippen LogP contribution in [-0.2, 0) is 6.42 Å². The number of fused-ring (bicyclic) bond motifs is 8. The lowest BCUT2D eigenvalue weighted by atomic mass is 9.96. The number of para-hydroxylation sites is 2. The highest BCUT2D eigenvalue weighted by molar-refractivity contribution is 6.20. The number of hydrogen-bond acceptors (Lipinski definition) is 4. The van der Waals surface area contributed by atoms with Crippen LogP contribution >= 0.6 is 0 Å².